The number of carbonyl (C=O) groups excluding carboxylic acids is 2. The van der Waals surface area contributed by atoms with E-state index in [4.69, 9.17) is 4.74 Å². The molecule has 0 aliphatic rings. The second-order valence-corrected chi connectivity index (χ2v) is 6.35. The van der Waals surface area contributed by atoms with Crippen LogP contribution in [0.1, 0.15) is 12.5 Å². The minimum absolute atomic E-state index is 0.0416. The van der Waals surface area contributed by atoms with Gasteiger partial charge in [-0.1, -0.05) is 25.1 Å². The smallest absolute Gasteiger partial charge is 0.243 e. The molecule has 2 amide bonds. The first-order chi connectivity index (χ1) is 12.1. The summed E-state index contributed by atoms with van der Waals surface area (Å²) < 4.78 is 5.09. The molecule has 6 heteroatoms. The van der Waals surface area contributed by atoms with Crippen LogP contribution in [0.4, 0.5) is 5.69 Å². The summed E-state index contributed by atoms with van der Waals surface area (Å²) in [7, 11) is 1.61. The van der Waals surface area contributed by atoms with Crippen molar-refractivity contribution < 1.29 is 14.3 Å². The molecule has 2 aromatic carbocycles. The van der Waals surface area contributed by atoms with Crippen LogP contribution in [0.3, 0.4) is 0 Å². The summed E-state index contributed by atoms with van der Waals surface area (Å²) in [5, 5.41) is 5.47. The molecular weight excluding hydrogens is 336 g/mol. The highest BCUT2D eigenvalue weighted by atomic mass is 32.2. The van der Waals surface area contributed by atoms with Crippen molar-refractivity contribution in [2.75, 3.05) is 24.7 Å². The molecular formula is C19H22N2O3S. The number of nitrogens with one attached hydrogen (secondary N) is 2. The Hall–Kier alpha value is -2.47. The third-order valence-corrected chi connectivity index (χ3v) is 4.56. The lowest BCUT2D eigenvalue weighted by atomic mass is 10.1. The molecule has 25 heavy (non-hydrogen) atoms. The number of hydrogen-bond donors (Lipinski definition) is 2. The number of thioether (sulfide) groups is 1. The number of anilines is 1. The number of methoxy groups -OCH3 is 1. The Bertz CT molecular complexity index is 717. The molecule has 0 radical (unpaired) electrons. The van der Waals surface area contributed by atoms with E-state index in [9.17, 15) is 9.59 Å². The molecule has 0 saturated heterocycles. The SMILES string of the molecule is CCc1ccccc1NC(=O)CNC(=O)CSc1ccc(OC)cc1. The average molecular weight is 358 g/mol. The molecule has 0 bridgehead atoms. The van der Waals surface area contributed by atoms with Gasteiger partial charge in [-0.2, -0.15) is 0 Å². The summed E-state index contributed by atoms with van der Waals surface area (Å²) in [4.78, 5) is 24.8. The van der Waals surface area contributed by atoms with Gasteiger partial charge in [0, 0.05) is 10.6 Å². The Kier molecular flexibility index (Phi) is 7.35. The Balaban J connectivity index is 1.74. The van der Waals surface area contributed by atoms with Crippen LogP contribution >= 0.6 is 11.8 Å². The molecule has 5 nitrogen and oxygen atoms in total. The molecule has 0 aromatic heterocycles. The van der Waals surface area contributed by atoms with Crippen LogP contribution in [0.2, 0.25) is 0 Å². The van der Waals surface area contributed by atoms with Gasteiger partial charge in [-0.25, -0.2) is 0 Å². The van der Waals surface area contributed by atoms with Gasteiger partial charge in [0.1, 0.15) is 5.75 Å². The first-order valence-electron chi connectivity index (χ1n) is 8.03. The molecule has 0 aliphatic carbocycles. The summed E-state index contributed by atoms with van der Waals surface area (Å²) in [5.74, 6) is 0.617. The monoisotopic (exact) mass is 358 g/mol. The zero-order valence-electron chi connectivity index (χ0n) is 14.4. The van der Waals surface area contributed by atoms with E-state index in [0.29, 0.717) is 0 Å². The molecule has 0 atom stereocenters. The quantitative estimate of drug-likeness (QED) is 0.712. The molecule has 2 rings (SSSR count). The van der Waals surface area contributed by atoms with Gasteiger partial charge in [-0.05, 0) is 42.3 Å². The second kappa shape index (κ2) is 9.74. The van der Waals surface area contributed by atoms with Gasteiger partial charge < -0.3 is 15.4 Å². The van der Waals surface area contributed by atoms with E-state index >= 15 is 0 Å². The van der Waals surface area contributed by atoms with Crippen molar-refractivity contribution in [3.63, 3.8) is 0 Å². The van der Waals surface area contributed by atoms with Gasteiger partial charge in [0.25, 0.3) is 0 Å². The van der Waals surface area contributed by atoms with Crippen molar-refractivity contribution in [1.82, 2.24) is 5.32 Å². The van der Waals surface area contributed by atoms with E-state index in [2.05, 4.69) is 10.6 Å². The van der Waals surface area contributed by atoms with Crippen LogP contribution in [-0.4, -0.2) is 31.2 Å². The van der Waals surface area contributed by atoms with Crippen molar-refractivity contribution in [2.24, 2.45) is 0 Å². The Labute approximate surface area is 152 Å². The molecule has 2 aromatic rings. The van der Waals surface area contributed by atoms with Crippen molar-refractivity contribution in [1.29, 1.82) is 0 Å². The highest BCUT2D eigenvalue weighted by Crippen LogP contribution is 2.21. The van der Waals surface area contributed by atoms with Crippen molar-refractivity contribution in [2.45, 2.75) is 18.2 Å². The number of carbonyl (C=O) groups is 2. The standard InChI is InChI=1S/C19H22N2O3S/c1-3-14-6-4-5-7-17(14)21-18(22)12-20-19(23)13-25-16-10-8-15(24-2)9-11-16/h4-11H,3,12-13H2,1-2H3,(H,20,23)(H,21,22). The van der Waals surface area contributed by atoms with E-state index in [1.54, 1.807) is 7.11 Å². The fourth-order valence-electron chi connectivity index (χ4n) is 2.20. The molecule has 0 aliphatic heterocycles. The molecule has 0 spiro atoms. The lowest BCUT2D eigenvalue weighted by molar-refractivity contribution is -0.122. The Morgan fingerprint density at radius 1 is 1.04 bits per heavy atom. The lowest BCUT2D eigenvalue weighted by Gasteiger charge is -2.10. The maximum Gasteiger partial charge on any atom is 0.243 e. The summed E-state index contributed by atoms with van der Waals surface area (Å²) >= 11 is 1.41. The largest absolute Gasteiger partial charge is 0.497 e. The van der Waals surface area contributed by atoms with Crippen LogP contribution in [-0.2, 0) is 16.0 Å². The summed E-state index contributed by atoms with van der Waals surface area (Å²) in [6.07, 6.45) is 0.835. The van der Waals surface area contributed by atoms with Crippen molar-refractivity contribution in [3.8, 4) is 5.75 Å². The van der Waals surface area contributed by atoms with Gasteiger partial charge >= 0.3 is 0 Å². The second-order valence-electron chi connectivity index (χ2n) is 5.30. The first kappa shape index (κ1) is 18.9. The zero-order valence-corrected chi connectivity index (χ0v) is 15.2. The molecule has 0 unspecified atom stereocenters. The highest BCUT2D eigenvalue weighted by Gasteiger charge is 2.08. The Morgan fingerprint density at radius 3 is 2.44 bits per heavy atom. The summed E-state index contributed by atoms with van der Waals surface area (Å²) in [6, 6.07) is 15.1. The number of rotatable bonds is 8. The van der Waals surface area contributed by atoms with Gasteiger partial charge in [0.05, 0.1) is 19.4 Å². The zero-order chi connectivity index (χ0) is 18.1. The van der Waals surface area contributed by atoms with Crippen LogP contribution in [0.25, 0.3) is 0 Å². The minimum atomic E-state index is -0.233. The Morgan fingerprint density at radius 2 is 1.76 bits per heavy atom. The van der Waals surface area contributed by atoms with E-state index in [0.717, 1.165) is 28.3 Å². The van der Waals surface area contributed by atoms with Crippen LogP contribution in [0.15, 0.2) is 53.4 Å². The topological polar surface area (TPSA) is 67.4 Å². The van der Waals surface area contributed by atoms with Gasteiger partial charge in [-0.15, -0.1) is 11.8 Å². The van der Waals surface area contributed by atoms with Crippen LogP contribution in [0.5, 0.6) is 5.75 Å². The maximum atomic E-state index is 12.0. The predicted molar refractivity (Wildman–Crippen MR) is 101 cm³/mol. The average Bonchev–Trinajstić information content (AvgIpc) is 2.65. The van der Waals surface area contributed by atoms with Crippen molar-refractivity contribution >= 4 is 29.3 Å². The van der Waals surface area contributed by atoms with E-state index in [-0.39, 0.29) is 24.1 Å². The molecule has 0 saturated carbocycles. The number of aryl methyl sites for hydroxylation is 1. The van der Waals surface area contributed by atoms with Crippen LogP contribution in [0, 0.1) is 0 Å². The van der Waals surface area contributed by atoms with E-state index in [1.807, 2.05) is 55.5 Å². The predicted octanol–water partition coefficient (Wildman–Crippen LogP) is 3.10. The third-order valence-electron chi connectivity index (χ3n) is 3.55. The van der Waals surface area contributed by atoms with Crippen LogP contribution < -0.4 is 15.4 Å². The number of ether oxygens (including phenoxy) is 1. The minimum Gasteiger partial charge on any atom is -0.497 e. The third kappa shape index (κ3) is 6.15. The van der Waals surface area contributed by atoms with Crippen molar-refractivity contribution in [3.05, 3.63) is 54.1 Å². The fraction of sp³-hybridized carbons (Fsp3) is 0.263. The normalized spacial score (nSPS) is 10.2. The summed E-state index contributed by atoms with van der Waals surface area (Å²) in [6.45, 7) is 1.99. The molecule has 0 fully saturated rings. The lowest BCUT2D eigenvalue weighted by Crippen LogP contribution is -2.34. The first-order valence-corrected chi connectivity index (χ1v) is 9.02. The number of amides is 2. The molecule has 132 valence electrons. The fourth-order valence-corrected chi connectivity index (χ4v) is 2.92. The van der Waals surface area contributed by atoms with Gasteiger partial charge in [0.2, 0.25) is 11.8 Å². The van der Waals surface area contributed by atoms with Gasteiger partial charge in [-0.3, -0.25) is 9.59 Å². The number of para-hydroxylation sites is 1. The molecule has 0 heterocycles. The van der Waals surface area contributed by atoms with Gasteiger partial charge in [0.15, 0.2) is 0 Å². The number of hydrogen-bond acceptors (Lipinski definition) is 4. The van der Waals surface area contributed by atoms with E-state index in [1.165, 1.54) is 11.8 Å². The summed E-state index contributed by atoms with van der Waals surface area (Å²) in [5.41, 5.74) is 1.86. The maximum absolute atomic E-state index is 12.0. The molecule has 2 N–H and O–H groups in total. The highest BCUT2D eigenvalue weighted by molar-refractivity contribution is 8.00. The number of benzene rings is 2. The van der Waals surface area contributed by atoms with E-state index < -0.39 is 0 Å².